The van der Waals surface area contributed by atoms with Crippen LogP contribution in [0.25, 0.3) is 11.0 Å². The lowest BCUT2D eigenvalue weighted by atomic mass is 10.3. The van der Waals surface area contributed by atoms with Crippen molar-refractivity contribution in [2.45, 2.75) is 20.1 Å². The standard InChI is InChI=1S/C18H19ClN2O2/c1-2-22-11-10-21-17-12-14(19)8-9-16(17)20-18(21)13-23-15-6-4-3-5-7-15/h3-9,12H,2,10-11,13H2,1H3. The number of aromatic nitrogens is 2. The van der Waals surface area contributed by atoms with E-state index in [0.29, 0.717) is 24.8 Å². The molecule has 0 aliphatic heterocycles. The molecule has 120 valence electrons. The number of para-hydroxylation sites is 1. The largest absolute Gasteiger partial charge is 0.486 e. The van der Waals surface area contributed by atoms with Gasteiger partial charge in [-0.1, -0.05) is 29.8 Å². The van der Waals surface area contributed by atoms with Crippen molar-refractivity contribution in [1.82, 2.24) is 9.55 Å². The highest BCUT2D eigenvalue weighted by Crippen LogP contribution is 2.22. The van der Waals surface area contributed by atoms with Gasteiger partial charge in [-0.05, 0) is 37.3 Å². The summed E-state index contributed by atoms with van der Waals surface area (Å²) in [6.45, 7) is 4.44. The van der Waals surface area contributed by atoms with Gasteiger partial charge < -0.3 is 14.0 Å². The van der Waals surface area contributed by atoms with Gasteiger partial charge in [0.15, 0.2) is 0 Å². The highest BCUT2D eigenvalue weighted by atomic mass is 35.5. The number of fused-ring (bicyclic) bond motifs is 1. The van der Waals surface area contributed by atoms with Crippen LogP contribution < -0.4 is 4.74 Å². The molecule has 4 nitrogen and oxygen atoms in total. The molecule has 0 N–H and O–H groups in total. The number of benzene rings is 2. The van der Waals surface area contributed by atoms with E-state index < -0.39 is 0 Å². The maximum Gasteiger partial charge on any atom is 0.148 e. The molecule has 0 amide bonds. The molecule has 23 heavy (non-hydrogen) atoms. The summed E-state index contributed by atoms with van der Waals surface area (Å²) in [7, 11) is 0. The number of rotatable bonds is 7. The third-order valence-electron chi connectivity index (χ3n) is 3.56. The number of ether oxygens (including phenoxy) is 2. The Bertz CT molecular complexity index is 771. The van der Waals surface area contributed by atoms with Crippen LogP contribution in [0.5, 0.6) is 5.75 Å². The Labute approximate surface area is 140 Å². The molecule has 2 aromatic carbocycles. The smallest absolute Gasteiger partial charge is 0.148 e. The van der Waals surface area contributed by atoms with Crippen LogP contribution in [0.4, 0.5) is 0 Å². The fourth-order valence-electron chi connectivity index (χ4n) is 2.47. The Balaban J connectivity index is 1.86. The Morgan fingerprint density at radius 3 is 2.74 bits per heavy atom. The van der Waals surface area contributed by atoms with E-state index in [0.717, 1.165) is 29.2 Å². The van der Waals surface area contributed by atoms with Gasteiger partial charge in [-0.25, -0.2) is 4.98 Å². The zero-order valence-corrected chi connectivity index (χ0v) is 13.8. The molecule has 0 radical (unpaired) electrons. The first-order chi connectivity index (χ1) is 11.3. The lowest BCUT2D eigenvalue weighted by Gasteiger charge is -2.10. The van der Waals surface area contributed by atoms with Crippen LogP contribution in [0.15, 0.2) is 48.5 Å². The van der Waals surface area contributed by atoms with Gasteiger partial charge in [0.05, 0.1) is 17.6 Å². The lowest BCUT2D eigenvalue weighted by Crippen LogP contribution is -2.11. The van der Waals surface area contributed by atoms with E-state index in [-0.39, 0.29) is 0 Å². The first kappa shape index (κ1) is 15.8. The summed E-state index contributed by atoms with van der Waals surface area (Å²) in [5.74, 6) is 1.69. The zero-order valence-electron chi connectivity index (χ0n) is 13.0. The molecular weight excluding hydrogens is 312 g/mol. The molecule has 0 aliphatic carbocycles. The minimum Gasteiger partial charge on any atom is -0.486 e. The summed E-state index contributed by atoms with van der Waals surface area (Å²) in [5.41, 5.74) is 1.92. The molecule has 3 aromatic rings. The van der Waals surface area contributed by atoms with Crippen molar-refractivity contribution in [3.8, 4) is 5.75 Å². The van der Waals surface area contributed by atoms with Crippen molar-refractivity contribution in [1.29, 1.82) is 0 Å². The monoisotopic (exact) mass is 330 g/mol. The van der Waals surface area contributed by atoms with Crippen LogP contribution in [-0.2, 0) is 17.9 Å². The molecule has 5 heteroatoms. The third kappa shape index (κ3) is 3.84. The second-order valence-corrected chi connectivity index (χ2v) is 5.55. The van der Waals surface area contributed by atoms with Crippen molar-refractivity contribution < 1.29 is 9.47 Å². The average Bonchev–Trinajstić information content (AvgIpc) is 2.91. The van der Waals surface area contributed by atoms with E-state index in [1.54, 1.807) is 0 Å². The summed E-state index contributed by atoms with van der Waals surface area (Å²) < 4.78 is 13.4. The van der Waals surface area contributed by atoms with Crippen molar-refractivity contribution >= 4 is 22.6 Å². The highest BCUT2D eigenvalue weighted by Gasteiger charge is 2.12. The van der Waals surface area contributed by atoms with Crippen LogP contribution in [0.3, 0.4) is 0 Å². The molecule has 0 aliphatic rings. The molecule has 0 saturated heterocycles. The number of imidazole rings is 1. The molecule has 0 bridgehead atoms. The quantitative estimate of drug-likeness (QED) is 0.606. The summed E-state index contributed by atoms with van der Waals surface area (Å²) in [6, 6.07) is 15.5. The normalized spacial score (nSPS) is 11.0. The van der Waals surface area contributed by atoms with Crippen LogP contribution in [-0.4, -0.2) is 22.8 Å². The number of hydrogen-bond donors (Lipinski definition) is 0. The molecule has 0 unspecified atom stereocenters. The SMILES string of the molecule is CCOCCn1c(COc2ccccc2)nc2ccc(Cl)cc21. The van der Waals surface area contributed by atoms with E-state index in [4.69, 9.17) is 21.1 Å². The van der Waals surface area contributed by atoms with Gasteiger partial charge in [-0.15, -0.1) is 0 Å². The second kappa shape index (κ2) is 7.49. The molecule has 0 saturated carbocycles. The fraction of sp³-hybridized carbons (Fsp3) is 0.278. The van der Waals surface area contributed by atoms with E-state index >= 15 is 0 Å². The van der Waals surface area contributed by atoms with Crippen LogP contribution in [0.2, 0.25) is 5.02 Å². The molecule has 3 rings (SSSR count). The van der Waals surface area contributed by atoms with E-state index in [9.17, 15) is 0 Å². The van der Waals surface area contributed by atoms with Crippen LogP contribution >= 0.6 is 11.6 Å². The number of hydrogen-bond acceptors (Lipinski definition) is 3. The van der Waals surface area contributed by atoms with Gasteiger partial charge in [0.2, 0.25) is 0 Å². The number of halogens is 1. The first-order valence-electron chi connectivity index (χ1n) is 7.68. The minimum atomic E-state index is 0.405. The van der Waals surface area contributed by atoms with Crippen LogP contribution in [0.1, 0.15) is 12.7 Å². The van der Waals surface area contributed by atoms with E-state index in [1.165, 1.54) is 0 Å². The van der Waals surface area contributed by atoms with Gasteiger partial charge in [0, 0.05) is 18.2 Å². The van der Waals surface area contributed by atoms with Gasteiger partial charge >= 0.3 is 0 Å². The molecule has 0 atom stereocenters. The van der Waals surface area contributed by atoms with Crippen LogP contribution in [0, 0.1) is 0 Å². The maximum absolute atomic E-state index is 6.13. The Hall–Kier alpha value is -2.04. The predicted molar refractivity (Wildman–Crippen MR) is 92.0 cm³/mol. The summed E-state index contributed by atoms with van der Waals surface area (Å²) in [5, 5.41) is 0.700. The highest BCUT2D eigenvalue weighted by molar-refractivity contribution is 6.31. The van der Waals surface area contributed by atoms with E-state index in [1.807, 2.05) is 55.5 Å². The third-order valence-corrected chi connectivity index (χ3v) is 3.80. The molecule has 1 heterocycles. The number of nitrogens with zero attached hydrogens (tertiary/aromatic N) is 2. The Morgan fingerprint density at radius 1 is 1.13 bits per heavy atom. The fourth-order valence-corrected chi connectivity index (χ4v) is 2.64. The lowest BCUT2D eigenvalue weighted by molar-refractivity contribution is 0.138. The Kier molecular flexibility index (Phi) is 5.16. The predicted octanol–water partition coefficient (Wildman–Crippen LogP) is 4.31. The second-order valence-electron chi connectivity index (χ2n) is 5.11. The minimum absolute atomic E-state index is 0.405. The van der Waals surface area contributed by atoms with Crippen molar-refractivity contribution in [3.63, 3.8) is 0 Å². The van der Waals surface area contributed by atoms with Gasteiger partial charge in [-0.3, -0.25) is 0 Å². The molecule has 0 fully saturated rings. The summed E-state index contributed by atoms with van der Waals surface area (Å²) >= 11 is 6.13. The van der Waals surface area contributed by atoms with Crippen molar-refractivity contribution in [2.24, 2.45) is 0 Å². The topological polar surface area (TPSA) is 36.3 Å². The summed E-state index contributed by atoms with van der Waals surface area (Å²) in [4.78, 5) is 4.67. The molecular formula is C18H19ClN2O2. The van der Waals surface area contributed by atoms with Gasteiger partial charge in [0.25, 0.3) is 0 Å². The van der Waals surface area contributed by atoms with Crippen molar-refractivity contribution in [2.75, 3.05) is 13.2 Å². The Morgan fingerprint density at radius 2 is 1.96 bits per heavy atom. The van der Waals surface area contributed by atoms with Gasteiger partial charge in [0.1, 0.15) is 18.2 Å². The van der Waals surface area contributed by atoms with Crippen molar-refractivity contribution in [3.05, 3.63) is 59.4 Å². The summed E-state index contributed by atoms with van der Waals surface area (Å²) in [6.07, 6.45) is 0. The van der Waals surface area contributed by atoms with Gasteiger partial charge in [-0.2, -0.15) is 0 Å². The first-order valence-corrected chi connectivity index (χ1v) is 8.06. The maximum atomic E-state index is 6.13. The molecule has 0 spiro atoms. The van der Waals surface area contributed by atoms with E-state index in [2.05, 4.69) is 9.55 Å². The average molecular weight is 331 g/mol. The zero-order chi connectivity index (χ0) is 16.1. The molecule has 1 aromatic heterocycles.